The maximum absolute atomic E-state index is 13.3. The van der Waals surface area contributed by atoms with Crippen molar-refractivity contribution in [3.8, 4) is 0 Å². The van der Waals surface area contributed by atoms with Gasteiger partial charge in [0.2, 0.25) is 0 Å². The summed E-state index contributed by atoms with van der Waals surface area (Å²) in [5, 5.41) is 0. The minimum Gasteiger partial charge on any atom is -0.399 e. The van der Waals surface area contributed by atoms with Crippen LogP contribution in [0.25, 0.3) is 0 Å². The van der Waals surface area contributed by atoms with Gasteiger partial charge in [-0.25, -0.2) is 4.39 Å². The van der Waals surface area contributed by atoms with Crippen LogP contribution in [0.5, 0.6) is 0 Å². The monoisotopic (exact) mass is 211 g/mol. The van der Waals surface area contributed by atoms with Crippen LogP contribution < -0.4 is 5.73 Å². The molecule has 0 heterocycles. The molecule has 0 amide bonds. The van der Waals surface area contributed by atoms with E-state index in [-0.39, 0.29) is 11.9 Å². The zero-order valence-corrected chi connectivity index (χ0v) is 9.29. The van der Waals surface area contributed by atoms with Gasteiger partial charge in [-0.3, -0.25) is 0 Å². The van der Waals surface area contributed by atoms with E-state index >= 15 is 0 Å². The molecule has 0 aromatic heterocycles. The number of anilines is 1. The lowest BCUT2D eigenvalue weighted by Gasteiger charge is -2.12. The molecular weight excluding hydrogens is 193 g/mol. The number of benzene rings is 1. The topological polar surface area (TPSA) is 35.2 Å². The quantitative estimate of drug-likeness (QED) is 0.759. The van der Waals surface area contributed by atoms with E-state index < -0.39 is 0 Å². The summed E-state index contributed by atoms with van der Waals surface area (Å²) in [6.07, 6.45) is 2.24. The molecule has 1 rings (SSSR count). The van der Waals surface area contributed by atoms with Crippen molar-refractivity contribution >= 4 is 5.69 Å². The van der Waals surface area contributed by atoms with E-state index in [0.717, 1.165) is 12.8 Å². The Hall–Kier alpha value is -1.09. The standard InChI is InChI=1S/C12H18FNO/c1-3-4-9(2)15-8-10-5-6-11(14)7-12(10)13/h5-7,9H,3-4,8,14H2,1-2H3. The highest BCUT2D eigenvalue weighted by Gasteiger charge is 2.05. The van der Waals surface area contributed by atoms with Gasteiger partial charge in [0.05, 0.1) is 12.7 Å². The summed E-state index contributed by atoms with van der Waals surface area (Å²) in [6, 6.07) is 4.68. The van der Waals surface area contributed by atoms with E-state index in [1.807, 2.05) is 6.92 Å². The first kappa shape index (κ1) is 12.0. The molecule has 1 unspecified atom stereocenters. The van der Waals surface area contributed by atoms with Gasteiger partial charge in [-0.15, -0.1) is 0 Å². The second kappa shape index (κ2) is 5.71. The average Bonchev–Trinajstić information content (AvgIpc) is 2.17. The molecule has 0 aliphatic heterocycles. The van der Waals surface area contributed by atoms with Gasteiger partial charge in [-0.2, -0.15) is 0 Å². The van der Waals surface area contributed by atoms with Crippen LogP contribution in [0.1, 0.15) is 32.3 Å². The highest BCUT2D eigenvalue weighted by Crippen LogP contribution is 2.14. The molecule has 0 aliphatic rings. The van der Waals surface area contributed by atoms with Crippen molar-refractivity contribution in [1.29, 1.82) is 0 Å². The van der Waals surface area contributed by atoms with Crippen molar-refractivity contribution in [2.45, 2.75) is 39.4 Å². The summed E-state index contributed by atoms with van der Waals surface area (Å²) in [5.41, 5.74) is 6.45. The smallest absolute Gasteiger partial charge is 0.130 e. The predicted octanol–water partition coefficient (Wildman–Crippen LogP) is 3.11. The molecular formula is C12H18FNO. The fourth-order valence-corrected chi connectivity index (χ4v) is 1.40. The molecule has 15 heavy (non-hydrogen) atoms. The maximum atomic E-state index is 13.3. The van der Waals surface area contributed by atoms with E-state index in [2.05, 4.69) is 6.92 Å². The van der Waals surface area contributed by atoms with Gasteiger partial charge < -0.3 is 10.5 Å². The first-order valence-corrected chi connectivity index (χ1v) is 5.29. The van der Waals surface area contributed by atoms with E-state index in [1.54, 1.807) is 12.1 Å². The maximum Gasteiger partial charge on any atom is 0.130 e. The molecule has 1 aromatic rings. The van der Waals surface area contributed by atoms with Crippen molar-refractivity contribution in [1.82, 2.24) is 0 Å². The average molecular weight is 211 g/mol. The Labute approximate surface area is 90.2 Å². The van der Waals surface area contributed by atoms with Crippen molar-refractivity contribution in [3.05, 3.63) is 29.6 Å². The molecule has 0 bridgehead atoms. The molecule has 1 aromatic carbocycles. The van der Waals surface area contributed by atoms with Gasteiger partial charge in [0.1, 0.15) is 5.82 Å². The predicted molar refractivity (Wildman–Crippen MR) is 60.0 cm³/mol. The minimum absolute atomic E-state index is 0.173. The van der Waals surface area contributed by atoms with Crippen LogP contribution in [-0.2, 0) is 11.3 Å². The second-order valence-corrected chi connectivity index (χ2v) is 3.76. The highest BCUT2D eigenvalue weighted by atomic mass is 19.1. The molecule has 0 radical (unpaired) electrons. The Balaban J connectivity index is 2.50. The molecule has 0 spiro atoms. The van der Waals surface area contributed by atoms with E-state index in [4.69, 9.17) is 10.5 Å². The van der Waals surface area contributed by atoms with Gasteiger partial charge >= 0.3 is 0 Å². The molecule has 0 fully saturated rings. The Morgan fingerprint density at radius 2 is 2.20 bits per heavy atom. The van der Waals surface area contributed by atoms with E-state index in [9.17, 15) is 4.39 Å². The number of halogens is 1. The normalized spacial score (nSPS) is 12.7. The lowest BCUT2D eigenvalue weighted by molar-refractivity contribution is 0.0456. The van der Waals surface area contributed by atoms with Crippen LogP contribution in [-0.4, -0.2) is 6.10 Å². The van der Waals surface area contributed by atoms with Crippen LogP contribution in [0.15, 0.2) is 18.2 Å². The van der Waals surface area contributed by atoms with Crippen LogP contribution in [0.3, 0.4) is 0 Å². The second-order valence-electron chi connectivity index (χ2n) is 3.76. The number of hydrogen-bond acceptors (Lipinski definition) is 2. The summed E-state index contributed by atoms with van der Waals surface area (Å²) >= 11 is 0. The third-order valence-corrected chi connectivity index (χ3v) is 2.30. The van der Waals surface area contributed by atoms with Crippen molar-refractivity contribution in [3.63, 3.8) is 0 Å². The fourth-order valence-electron chi connectivity index (χ4n) is 1.40. The molecule has 2 N–H and O–H groups in total. The van der Waals surface area contributed by atoms with Gasteiger partial charge in [-0.1, -0.05) is 19.4 Å². The largest absolute Gasteiger partial charge is 0.399 e. The Kier molecular flexibility index (Phi) is 4.56. The van der Waals surface area contributed by atoms with E-state index in [1.165, 1.54) is 6.07 Å². The molecule has 0 aliphatic carbocycles. The van der Waals surface area contributed by atoms with Gasteiger partial charge in [0.15, 0.2) is 0 Å². The van der Waals surface area contributed by atoms with Crippen LogP contribution in [0.2, 0.25) is 0 Å². The van der Waals surface area contributed by atoms with Crippen LogP contribution >= 0.6 is 0 Å². The summed E-state index contributed by atoms with van der Waals surface area (Å²) in [4.78, 5) is 0. The van der Waals surface area contributed by atoms with E-state index in [0.29, 0.717) is 17.9 Å². The number of nitrogens with two attached hydrogens (primary N) is 1. The number of nitrogen functional groups attached to an aromatic ring is 1. The van der Waals surface area contributed by atoms with Crippen molar-refractivity contribution in [2.24, 2.45) is 0 Å². The number of rotatable bonds is 5. The van der Waals surface area contributed by atoms with Gasteiger partial charge in [-0.05, 0) is 25.5 Å². The van der Waals surface area contributed by atoms with Gasteiger partial charge in [0, 0.05) is 11.3 Å². The number of hydrogen-bond donors (Lipinski definition) is 1. The SMILES string of the molecule is CCCC(C)OCc1ccc(N)cc1F. The summed E-state index contributed by atoms with van der Waals surface area (Å²) in [5.74, 6) is -0.293. The molecule has 84 valence electrons. The minimum atomic E-state index is -0.293. The summed E-state index contributed by atoms with van der Waals surface area (Å²) in [6.45, 7) is 4.41. The molecule has 0 saturated heterocycles. The van der Waals surface area contributed by atoms with Crippen molar-refractivity contribution < 1.29 is 9.13 Å². The zero-order valence-electron chi connectivity index (χ0n) is 9.29. The Morgan fingerprint density at radius 3 is 2.80 bits per heavy atom. The highest BCUT2D eigenvalue weighted by molar-refractivity contribution is 5.40. The van der Waals surface area contributed by atoms with Crippen LogP contribution in [0.4, 0.5) is 10.1 Å². The molecule has 0 saturated carbocycles. The molecule has 1 atom stereocenters. The molecule has 3 heteroatoms. The summed E-state index contributed by atoms with van der Waals surface area (Å²) in [7, 11) is 0. The third kappa shape index (κ3) is 3.88. The molecule has 2 nitrogen and oxygen atoms in total. The lowest BCUT2D eigenvalue weighted by Crippen LogP contribution is -2.08. The number of ether oxygens (including phenoxy) is 1. The first-order chi connectivity index (χ1) is 7.13. The fraction of sp³-hybridized carbons (Fsp3) is 0.500. The Morgan fingerprint density at radius 1 is 1.47 bits per heavy atom. The lowest BCUT2D eigenvalue weighted by atomic mass is 10.2. The Bertz CT molecular complexity index is 314. The third-order valence-electron chi connectivity index (χ3n) is 2.30. The summed E-state index contributed by atoms with van der Waals surface area (Å²) < 4.78 is 18.8. The zero-order chi connectivity index (χ0) is 11.3. The first-order valence-electron chi connectivity index (χ1n) is 5.29. The van der Waals surface area contributed by atoms with Crippen LogP contribution in [0, 0.1) is 5.82 Å². The van der Waals surface area contributed by atoms with Gasteiger partial charge in [0.25, 0.3) is 0 Å². The van der Waals surface area contributed by atoms with Crippen molar-refractivity contribution in [2.75, 3.05) is 5.73 Å².